The van der Waals surface area contributed by atoms with Crippen LogP contribution < -0.4 is 5.73 Å². The van der Waals surface area contributed by atoms with Gasteiger partial charge in [-0.25, -0.2) is 4.79 Å². The quantitative estimate of drug-likeness (QED) is 0.781. The minimum atomic E-state index is -0.290. The van der Waals surface area contributed by atoms with Gasteiger partial charge in [-0.15, -0.1) is 0 Å². The van der Waals surface area contributed by atoms with Crippen LogP contribution in [-0.2, 0) is 14.2 Å². The predicted octanol–water partition coefficient (Wildman–Crippen LogP) is 1.85. The summed E-state index contributed by atoms with van der Waals surface area (Å²) in [5.41, 5.74) is 7.31. The van der Waals surface area contributed by atoms with E-state index in [2.05, 4.69) is 0 Å². The Kier molecular flexibility index (Phi) is 3.98. The molecule has 25 heavy (non-hydrogen) atoms. The third kappa shape index (κ3) is 2.76. The van der Waals surface area contributed by atoms with Gasteiger partial charge in [-0.05, 0) is 56.8 Å². The molecule has 5 aliphatic rings. The van der Waals surface area contributed by atoms with Crippen molar-refractivity contribution >= 4 is 11.8 Å². The molecule has 0 aromatic heterocycles. The monoisotopic (exact) mass is 349 g/mol. The van der Waals surface area contributed by atoms with Crippen molar-refractivity contribution in [1.82, 2.24) is 5.01 Å². The van der Waals surface area contributed by atoms with Crippen molar-refractivity contribution in [2.75, 3.05) is 13.4 Å². The summed E-state index contributed by atoms with van der Waals surface area (Å²) < 4.78 is 16.9. The second-order valence-corrected chi connectivity index (χ2v) is 8.31. The molecule has 7 heteroatoms. The second kappa shape index (κ2) is 6.21. The summed E-state index contributed by atoms with van der Waals surface area (Å²) >= 11 is 0. The number of hydrogen-bond donors (Lipinski definition) is 1. The SMILES string of the molecule is NC1CCC(C2=NN3C(=O)OCC3CC3CC4OCOC4CC23)CC1. The Bertz CT molecular complexity index is 575. The zero-order chi connectivity index (χ0) is 17.0. The van der Waals surface area contributed by atoms with Crippen LogP contribution in [0, 0.1) is 17.8 Å². The predicted molar refractivity (Wildman–Crippen MR) is 89.8 cm³/mol. The zero-order valence-corrected chi connectivity index (χ0v) is 14.5. The van der Waals surface area contributed by atoms with E-state index in [0.29, 0.717) is 37.2 Å². The maximum Gasteiger partial charge on any atom is 0.430 e. The summed E-state index contributed by atoms with van der Waals surface area (Å²) in [5, 5.41) is 6.53. The molecule has 2 saturated heterocycles. The molecule has 0 aromatic carbocycles. The van der Waals surface area contributed by atoms with Gasteiger partial charge in [0.1, 0.15) is 13.4 Å². The largest absolute Gasteiger partial charge is 0.446 e. The highest BCUT2D eigenvalue weighted by molar-refractivity contribution is 5.91. The van der Waals surface area contributed by atoms with Crippen molar-refractivity contribution in [3.8, 4) is 0 Å². The third-order valence-corrected chi connectivity index (χ3v) is 6.87. The average Bonchev–Trinajstić information content (AvgIpc) is 3.16. The first kappa shape index (κ1) is 16.0. The number of carbonyl (C=O) groups is 1. The van der Waals surface area contributed by atoms with Crippen LogP contribution >= 0.6 is 0 Å². The molecule has 138 valence electrons. The van der Waals surface area contributed by atoms with Crippen molar-refractivity contribution in [3.63, 3.8) is 0 Å². The van der Waals surface area contributed by atoms with Gasteiger partial charge in [0.25, 0.3) is 0 Å². The Labute approximate surface area is 147 Å². The van der Waals surface area contributed by atoms with Crippen molar-refractivity contribution in [3.05, 3.63) is 0 Å². The summed E-state index contributed by atoms with van der Waals surface area (Å²) in [5.74, 6) is 1.31. The number of carbonyl (C=O) groups excluding carboxylic acids is 1. The minimum absolute atomic E-state index is 0.0715. The normalized spacial score (nSPS) is 46.6. The van der Waals surface area contributed by atoms with Gasteiger partial charge in [0.15, 0.2) is 0 Å². The fourth-order valence-corrected chi connectivity index (χ4v) is 5.49. The van der Waals surface area contributed by atoms with E-state index in [1.54, 1.807) is 5.01 Å². The van der Waals surface area contributed by atoms with Crippen LogP contribution in [0.25, 0.3) is 0 Å². The van der Waals surface area contributed by atoms with Gasteiger partial charge in [0, 0.05) is 17.7 Å². The second-order valence-electron chi connectivity index (χ2n) is 8.31. The molecule has 7 nitrogen and oxygen atoms in total. The Morgan fingerprint density at radius 1 is 1.04 bits per heavy atom. The van der Waals surface area contributed by atoms with Crippen LogP contribution in [0.3, 0.4) is 0 Å². The van der Waals surface area contributed by atoms with Crippen LogP contribution in [0.5, 0.6) is 0 Å². The number of nitrogens with zero attached hydrogens (tertiary/aromatic N) is 2. The molecular weight excluding hydrogens is 322 g/mol. The van der Waals surface area contributed by atoms with E-state index in [-0.39, 0.29) is 24.3 Å². The third-order valence-electron chi connectivity index (χ3n) is 6.87. The lowest BCUT2D eigenvalue weighted by Gasteiger charge is -2.39. The van der Waals surface area contributed by atoms with Crippen molar-refractivity contribution < 1.29 is 19.0 Å². The molecule has 0 radical (unpaired) electrons. The summed E-state index contributed by atoms with van der Waals surface area (Å²) in [4.78, 5) is 12.2. The van der Waals surface area contributed by atoms with E-state index in [1.807, 2.05) is 0 Å². The summed E-state index contributed by atoms with van der Waals surface area (Å²) in [7, 11) is 0. The topological polar surface area (TPSA) is 86.4 Å². The van der Waals surface area contributed by atoms with Gasteiger partial charge in [-0.3, -0.25) is 0 Å². The molecule has 3 heterocycles. The van der Waals surface area contributed by atoms with E-state index < -0.39 is 0 Å². The molecule has 0 bridgehead atoms. The minimum Gasteiger partial charge on any atom is -0.446 e. The standard InChI is InChI=1S/C18H27N3O4/c19-12-3-1-10(2-4-12)17-14-7-16-15(24-9-25-16)6-11(14)5-13-8-23-18(22)21(13)20-17/h10-16H,1-9,19H2. The van der Waals surface area contributed by atoms with Crippen molar-refractivity contribution in [1.29, 1.82) is 0 Å². The summed E-state index contributed by atoms with van der Waals surface area (Å²) in [6.45, 7) is 0.872. The molecule has 0 aromatic rings. The Morgan fingerprint density at radius 2 is 1.80 bits per heavy atom. The number of hydrogen-bond acceptors (Lipinski definition) is 6. The van der Waals surface area contributed by atoms with Crippen molar-refractivity contribution in [2.45, 2.75) is 69.2 Å². The van der Waals surface area contributed by atoms with Gasteiger partial charge >= 0.3 is 6.09 Å². The number of hydrazone groups is 1. The van der Waals surface area contributed by atoms with E-state index >= 15 is 0 Å². The number of cyclic esters (lactones) is 1. The lowest BCUT2D eigenvalue weighted by atomic mass is 9.67. The molecule has 2 N–H and O–H groups in total. The first-order valence-corrected chi connectivity index (χ1v) is 9.72. The van der Waals surface area contributed by atoms with Crippen LogP contribution in [0.4, 0.5) is 4.79 Å². The molecule has 5 unspecified atom stereocenters. The zero-order valence-electron chi connectivity index (χ0n) is 14.5. The van der Waals surface area contributed by atoms with E-state index in [9.17, 15) is 4.79 Å². The molecule has 4 fully saturated rings. The van der Waals surface area contributed by atoms with E-state index in [1.165, 1.54) is 5.71 Å². The Balaban J connectivity index is 1.47. The molecule has 5 atom stereocenters. The Hall–Kier alpha value is -1.18. The smallest absolute Gasteiger partial charge is 0.430 e. The van der Waals surface area contributed by atoms with Crippen LogP contribution in [0.1, 0.15) is 44.9 Å². The van der Waals surface area contributed by atoms with Gasteiger partial charge < -0.3 is 19.9 Å². The Morgan fingerprint density at radius 3 is 2.60 bits per heavy atom. The molecule has 2 saturated carbocycles. The molecule has 0 spiro atoms. The fraction of sp³-hybridized carbons (Fsp3) is 0.889. The highest BCUT2D eigenvalue weighted by Gasteiger charge is 2.49. The lowest BCUT2D eigenvalue weighted by molar-refractivity contribution is 0.0384. The van der Waals surface area contributed by atoms with Crippen LogP contribution in [-0.4, -0.2) is 54.5 Å². The fourth-order valence-electron chi connectivity index (χ4n) is 5.49. The lowest BCUT2D eigenvalue weighted by Crippen LogP contribution is -2.43. The molecule has 5 rings (SSSR count). The number of rotatable bonds is 1. The van der Waals surface area contributed by atoms with Crippen LogP contribution in [0.15, 0.2) is 5.10 Å². The molecule has 3 aliphatic heterocycles. The van der Waals surface area contributed by atoms with E-state index in [4.69, 9.17) is 25.0 Å². The maximum absolute atomic E-state index is 12.2. The van der Waals surface area contributed by atoms with Gasteiger partial charge in [0.05, 0.1) is 18.2 Å². The number of amides is 1. The maximum atomic E-state index is 12.2. The van der Waals surface area contributed by atoms with Gasteiger partial charge in [-0.1, -0.05) is 0 Å². The van der Waals surface area contributed by atoms with E-state index in [0.717, 1.165) is 44.9 Å². The summed E-state index contributed by atoms with van der Waals surface area (Å²) in [6.07, 6.45) is 7.23. The van der Waals surface area contributed by atoms with Crippen LogP contribution in [0.2, 0.25) is 0 Å². The van der Waals surface area contributed by atoms with Gasteiger partial charge in [0.2, 0.25) is 0 Å². The number of ether oxygens (including phenoxy) is 3. The highest BCUT2D eigenvalue weighted by atomic mass is 16.7. The molecular formula is C18H27N3O4. The summed E-state index contributed by atoms with van der Waals surface area (Å²) in [6, 6.07) is 0.382. The molecule has 2 aliphatic carbocycles. The average molecular weight is 349 g/mol. The van der Waals surface area contributed by atoms with Crippen molar-refractivity contribution in [2.24, 2.45) is 28.6 Å². The van der Waals surface area contributed by atoms with Gasteiger partial charge in [-0.2, -0.15) is 10.1 Å². The number of nitrogens with two attached hydrogens (primary N) is 1. The first-order valence-electron chi connectivity index (χ1n) is 9.72. The first-order chi connectivity index (χ1) is 12.2. The molecule has 1 amide bonds. The number of fused-ring (bicyclic) bond motifs is 3. The highest BCUT2D eigenvalue weighted by Crippen LogP contribution is 2.45.